The first-order valence-corrected chi connectivity index (χ1v) is 13.6. The number of carboxylic acid groups (broad SMARTS) is 2. The lowest BCUT2D eigenvalue weighted by atomic mass is 10.4. The van der Waals surface area contributed by atoms with Crippen molar-refractivity contribution in [3.05, 3.63) is 40.9 Å². The minimum absolute atomic E-state index is 0.0309. The van der Waals surface area contributed by atoms with Crippen LogP contribution in [0.25, 0.3) is 0 Å². The Morgan fingerprint density at radius 1 is 1.17 bits per heavy atom. The molecule has 0 saturated carbocycles. The average molecular weight is 561 g/mol. The predicted molar refractivity (Wildman–Crippen MR) is 146 cm³/mol. The molecule has 0 aromatic carbocycles. The Bertz CT molecular complexity index is 989. The van der Waals surface area contributed by atoms with Gasteiger partial charge in [0.1, 0.15) is 0 Å². The van der Waals surface area contributed by atoms with E-state index in [1.807, 2.05) is 24.1 Å². The second kappa shape index (κ2) is 17.6. The van der Waals surface area contributed by atoms with Gasteiger partial charge in [-0.1, -0.05) is 0 Å². The van der Waals surface area contributed by atoms with Crippen molar-refractivity contribution in [3.63, 3.8) is 0 Å². The van der Waals surface area contributed by atoms with Crippen LogP contribution in [0.1, 0.15) is 17.1 Å². The molecule has 0 aliphatic carbocycles. The van der Waals surface area contributed by atoms with Gasteiger partial charge < -0.3 is 37.3 Å². The maximum Gasteiger partial charge on any atom is 0.328 e. The smallest absolute Gasteiger partial charge is 0.328 e. The second-order valence-corrected chi connectivity index (χ2v) is 9.89. The van der Waals surface area contributed by atoms with Gasteiger partial charge in [-0.2, -0.15) is 28.5 Å². The van der Waals surface area contributed by atoms with Gasteiger partial charge in [-0.25, -0.2) is 19.6 Å². The molecule has 2 rings (SSSR count). The number of carboxylic acids is 2. The number of aryl methyl sites for hydroxylation is 1. The fraction of sp³-hybridized carbons (Fsp3) is 0.368. The normalized spacial score (nSPS) is 10.3. The number of carbonyl (C=O) groups is 2. The molecule has 0 aliphatic rings. The van der Waals surface area contributed by atoms with Crippen LogP contribution in [-0.4, -0.2) is 72.8 Å². The lowest BCUT2D eigenvalue weighted by Gasteiger charge is -2.10. The van der Waals surface area contributed by atoms with Gasteiger partial charge in [0, 0.05) is 59.3 Å². The molecule has 0 amide bonds. The molecule has 0 fully saturated rings. The maximum atomic E-state index is 9.55. The lowest BCUT2D eigenvalue weighted by Crippen LogP contribution is -2.37. The van der Waals surface area contributed by atoms with E-state index in [4.69, 9.17) is 33.9 Å². The number of thiazole rings is 1. The number of hydrogen-bond donors (Lipinski definition) is 7. The summed E-state index contributed by atoms with van der Waals surface area (Å²) in [6, 6.07) is 0. The highest BCUT2D eigenvalue weighted by molar-refractivity contribution is 7.98. The summed E-state index contributed by atoms with van der Waals surface area (Å²) in [5, 5.41) is 25.3. The van der Waals surface area contributed by atoms with Crippen LogP contribution >= 0.6 is 47.1 Å². The van der Waals surface area contributed by atoms with Crippen molar-refractivity contribution in [2.45, 2.75) is 18.4 Å². The molecule has 16 heteroatoms. The summed E-state index contributed by atoms with van der Waals surface area (Å²) in [5.74, 6) is 1.16. The number of imidazole rings is 1. The van der Waals surface area contributed by atoms with Crippen LogP contribution in [0.4, 0.5) is 5.13 Å². The standard InChI is InChI=1S/C15H24N8S4.C4H4O4/c1-10-12(21-9-20-10)8-26-5-3-19-14(24)18-2-4-25-6-11-7-27-15(22-11)23-13(16)17;5-3(6)1-2-4(7)8/h7,9H,2-6,8H2,1H3,(H,20,21)(H2,18,19,24)(H4,16,17,22,23);1-2H,(H,5,6)(H,7,8)/b;2-1-. The van der Waals surface area contributed by atoms with E-state index in [1.165, 1.54) is 11.3 Å². The number of thioether (sulfide) groups is 2. The Morgan fingerprint density at radius 2 is 1.77 bits per heavy atom. The monoisotopic (exact) mass is 560 g/mol. The van der Waals surface area contributed by atoms with Gasteiger partial charge in [0.2, 0.25) is 5.13 Å². The number of aromatic nitrogens is 3. The van der Waals surface area contributed by atoms with Crippen molar-refractivity contribution in [1.29, 1.82) is 0 Å². The zero-order chi connectivity index (χ0) is 26.1. The van der Waals surface area contributed by atoms with Crippen LogP contribution in [0.3, 0.4) is 0 Å². The molecule has 2 aromatic rings. The van der Waals surface area contributed by atoms with Crippen LogP contribution in [0.5, 0.6) is 0 Å². The molecule has 0 aliphatic heterocycles. The molecule has 0 spiro atoms. The molecule has 0 bridgehead atoms. The highest BCUT2D eigenvalue weighted by Crippen LogP contribution is 2.21. The van der Waals surface area contributed by atoms with E-state index >= 15 is 0 Å². The minimum atomic E-state index is -1.26. The Hall–Kier alpha value is -2.82. The van der Waals surface area contributed by atoms with Crippen molar-refractivity contribution in [1.82, 2.24) is 25.6 Å². The lowest BCUT2D eigenvalue weighted by molar-refractivity contribution is -0.134. The van der Waals surface area contributed by atoms with Gasteiger partial charge in [0.25, 0.3) is 0 Å². The van der Waals surface area contributed by atoms with Crippen molar-refractivity contribution in [2.24, 2.45) is 16.5 Å². The number of nitrogens with two attached hydrogens (primary N) is 2. The number of nitrogens with one attached hydrogen (secondary N) is 3. The molecule has 192 valence electrons. The van der Waals surface area contributed by atoms with E-state index < -0.39 is 11.9 Å². The Labute approximate surface area is 220 Å². The Kier molecular flexibility index (Phi) is 15.2. The molecule has 12 nitrogen and oxygen atoms in total. The van der Waals surface area contributed by atoms with Crippen LogP contribution in [0, 0.1) is 6.92 Å². The number of thiocarbonyl (C=S) groups is 1. The Balaban J connectivity index is 0.000000658. The Morgan fingerprint density at radius 3 is 2.29 bits per heavy atom. The van der Waals surface area contributed by atoms with Gasteiger partial charge in [0.05, 0.1) is 17.7 Å². The molecule has 0 saturated heterocycles. The minimum Gasteiger partial charge on any atom is -0.478 e. The zero-order valence-corrected chi connectivity index (χ0v) is 22.2. The SMILES string of the molecule is Cc1[nH]cnc1CSCCNC(=S)NCCSCc1csc(N=C(N)N)n1.O=C(O)/C=C\C(=O)O. The summed E-state index contributed by atoms with van der Waals surface area (Å²) < 4.78 is 0. The molecular weight excluding hydrogens is 533 g/mol. The first-order chi connectivity index (χ1) is 16.7. The molecule has 35 heavy (non-hydrogen) atoms. The van der Waals surface area contributed by atoms with E-state index in [-0.39, 0.29) is 5.96 Å². The molecule has 0 unspecified atom stereocenters. The summed E-state index contributed by atoms with van der Waals surface area (Å²) >= 11 is 10.3. The van der Waals surface area contributed by atoms with E-state index in [9.17, 15) is 9.59 Å². The number of aliphatic imine (C=N–C) groups is 1. The largest absolute Gasteiger partial charge is 0.478 e. The number of aromatic amines is 1. The predicted octanol–water partition coefficient (Wildman–Crippen LogP) is 1.42. The third-order valence-corrected chi connectivity index (χ3v) is 6.65. The summed E-state index contributed by atoms with van der Waals surface area (Å²) in [6.07, 6.45) is 2.85. The number of H-pyrrole nitrogens is 1. The third kappa shape index (κ3) is 15.7. The van der Waals surface area contributed by atoms with Gasteiger partial charge in [-0.05, 0) is 19.1 Å². The number of guanidine groups is 1. The van der Waals surface area contributed by atoms with E-state index in [2.05, 4.69) is 30.6 Å². The summed E-state index contributed by atoms with van der Waals surface area (Å²) in [4.78, 5) is 34.8. The summed E-state index contributed by atoms with van der Waals surface area (Å²) in [6.45, 7) is 3.68. The maximum absolute atomic E-state index is 9.55. The van der Waals surface area contributed by atoms with E-state index in [0.29, 0.717) is 22.4 Å². The topological polar surface area (TPSA) is 205 Å². The van der Waals surface area contributed by atoms with Gasteiger partial charge in [-0.15, -0.1) is 11.3 Å². The third-order valence-electron chi connectivity index (χ3n) is 3.62. The van der Waals surface area contributed by atoms with Crippen molar-refractivity contribution < 1.29 is 19.8 Å². The summed E-state index contributed by atoms with van der Waals surface area (Å²) in [7, 11) is 0. The van der Waals surface area contributed by atoms with Crippen LogP contribution in [0.2, 0.25) is 0 Å². The molecular formula is C19H28N8O4S4. The number of rotatable bonds is 13. The van der Waals surface area contributed by atoms with Crippen LogP contribution < -0.4 is 22.1 Å². The van der Waals surface area contributed by atoms with Crippen molar-refractivity contribution in [2.75, 3.05) is 24.6 Å². The zero-order valence-electron chi connectivity index (χ0n) is 18.9. The second-order valence-electron chi connectivity index (χ2n) is 6.43. The molecule has 9 N–H and O–H groups in total. The molecule has 2 heterocycles. The molecule has 0 radical (unpaired) electrons. The number of hydrogen-bond acceptors (Lipinski definition) is 9. The highest BCUT2D eigenvalue weighted by Gasteiger charge is 2.03. The quantitative estimate of drug-likeness (QED) is 0.0609. The summed E-state index contributed by atoms with van der Waals surface area (Å²) in [5.41, 5.74) is 13.9. The number of nitrogens with zero attached hydrogens (tertiary/aromatic N) is 3. The van der Waals surface area contributed by atoms with Crippen LogP contribution in [0.15, 0.2) is 28.9 Å². The highest BCUT2D eigenvalue weighted by atomic mass is 32.2. The fourth-order valence-corrected chi connectivity index (χ4v) is 4.72. The van der Waals surface area contributed by atoms with Crippen LogP contribution in [-0.2, 0) is 21.1 Å². The van der Waals surface area contributed by atoms with Crippen molar-refractivity contribution >= 4 is 75.2 Å². The van der Waals surface area contributed by atoms with Gasteiger partial charge in [0.15, 0.2) is 11.1 Å². The fourth-order valence-electron chi connectivity index (χ4n) is 2.08. The van der Waals surface area contributed by atoms with Gasteiger partial charge in [-0.3, -0.25) is 0 Å². The first-order valence-electron chi connectivity index (χ1n) is 10.0. The van der Waals surface area contributed by atoms with Gasteiger partial charge >= 0.3 is 11.9 Å². The van der Waals surface area contributed by atoms with E-state index in [0.717, 1.165) is 53.2 Å². The molecule has 0 atom stereocenters. The first kappa shape index (κ1) is 30.2. The number of aliphatic carboxylic acids is 2. The van der Waals surface area contributed by atoms with E-state index in [1.54, 1.807) is 18.1 Å². The molecule has 2 aromatic heterocycles. The average Bonchev–Trinajstić information content (AvgIpc) is 3.40. The van der Waals surface area contributed by atoms with Crippen molar-refractivity contribution in [3.8, 4) is 0 Å².